The smallest absolute Gasteiger partial charge is 0.165 e. The van der Waals surface area contributed by atoms with Gasteiger partial charge in [-0.05, 0) is 29.8 Å². The van der Waals surface area contributed by atoms with Crippen LogP contribution in [0.2, 0.25) is 0 Å². The summed E-state index contributed by atoms with van der Waals surface area (Å²) in [5.74, 6) is -1.03. The number of ether oxygens (including phenoxy) is 1. The molecule has 0 atom stereocenters. The van der Waals surface area contributed by atoms with Gasteiger partial charge in [0.2, 0.25) is 0 Å². The third kappa shape index (κ3) is 2.71. The average Bonchev–Trinajstić information content (AvgIpc) is 2.39. The second-order valence-corrected chi connectivity index (χ2v) is 3.69. The monoisotopic (exact) mass is 248 g/mol. The van der Waals surface area contributed by atoms with Crippen molar-refractivity contribution in [1.29, 1.82) is 0 Å². The van der Waals surface area contributed by atoms with Crippen molar-refractivity contribution in [2.75, 3.05) is 0 Å². The molecule has 0 N–H and O–H groups in total. The summed E-state index contributed by atoms with van der Waals surface area (Å²) < 4.78 is 31.4. The number of halogens is 2. The van der Waals surface area contributed by atoms with Crippen molar-refractivity contribution < 1.29 is 18.3 Å². The van der Waals surface area contributed by atoms with Gasteiger partial charge in [-0.1, -0.05) is 18.2 Å². The van der Waals surface area contributed by atoms with Crippen molar-refractivity contribution in [2.45, 2.75) is 6.61 Å². The summed E-state index contributed by atoms with van der Waals surface area (Å²) in [6, 6.07) is 9.78. The highest BCUT2D eigenvalue weighted by Gasteiger charge is 2.09. The van der Waals surface area contributed by atoms with Crippen LogP contribution in [-0.4, -0.2) is 6.29 Å². The van der Waals surface area contributed by atoms with E-state index in [0.717, 1.165) is 0 Å². The van der Waals surface area contributed by atoms with Gasteiger partial charge in [0.1, 0.15) is 12.4 Å². The van der Waals surface area contributed by atoms with Gasteiger partial charge < -0.3 is 4.74 Å². The molecule has 18 heavy (non-hydrogen) atoms. The summed E-state index contributed by atoms with van der Waals surface area (Å²) in [6.45, 7) is 0.0715. The zero-order valence-electron chi connectivity index (χ0n) is 9.40. The van der Waals surface area contributed by atoms with Gasteiger partial charge in [-0.25, -0.2) is 8.78 Å². The standard InChI is InChI=1S/C14H10F2O2/c15-12-6-4-10(5-7-12)9-18-14-11(8-17)2-1-3-13(14)16/h1-8H,9H2. The number of hydrogen-bond donors (Lipinski definition) is 0. The van der Waals surface area contributed by atoms with Gasteiger partial charge in [0.05, 0.1) is 5.56 Å². The van der Waals surface area contributed by atoms with E-state index in [0.29, 0.717) is 11.8 Å². The van der Waals surface area contributed by atoms with Crippen LogP contribution in [0.1, 0.15) is 15.9 Å². The Morgan fingerprint density at radius 2 is 1.78 bits per heavy atom. The molecule has 0 aromatic heterocycles. The number of aldehydes is 1. The van der Waals surface area contributed by atoms with Crippen LogP contribution in [0, 0.1) is 11.6 Å². The van der Waals surface area contributed by atoms with E-state index >= 15 is 0 Å². The molecule has 2 aromatic carbocycles. The van der Waals surface area contributed by atoms with Gasteiger partial charge in [0, 0.05) is 0 Å². The van der Waals surface area contributed by atoms with E-state index < -0.39 is 5.82 Å². The molecule has 0 spiro atoms. The number of rotatable bonds is 4. The molecule has 0 heterocycles. The Hall–Kier alpha value is -2.23. The molecular weight excluding hydrogens is 238 g/mol. The predicted octanol–water partition coefficient (Wildman–Crippen LogP) is 3.36. The molecule has 2 nitrogen and oxygen atoms in total. The van der Waals surface area contributed by atoms with Gasteiger partial charge in [0.25, 0.3) is 0 Å². The maximum atomic E-state index is 13.5. The van der Waals surface area contributed by atoms with Crippen LogP contribution in [-0.2, 0) is 6.61 Å². The summed E-state index contributed by atoms with van der Waals surface area (Å²) in [5, 5.41) is 0. The van der Waals surface area contributed by atoms with E-state index in [2.05, 4.69) is 0 Å². The summed E-state index contributed by atoms with van der Waals surface area (Å²) in [5.41, 5.74) is 0.841. The highest BCUT2D eigenvalue weighted by atomic mass is 19.1. The number of carbonyl (C=O) groups is 1. The fourth-order valence-corrected chi connectivity index (χ4v) is 1.51. The normalized spacial score (nSPS) is 10.1. The highest BCUT2D eigenvalue weighted by molar-refractivity contribution is 5.79. The minimum absolute atomic E-state index is 0.0715. The Labute approximate surface area is 103 Å². The first kappa shape index (κ1) is 12.2. The Morgan fingerprint density at radius 1 is 1.06 bits per heavy atom. The van der Waals surface area contributed by atoms with Gasteiger partial charge in [-0.3, -0.25) is 4.79 Å². The molecule has 0 saturated heterocycles. The summed E-state index contributed by atoms with van der Waals surface area (Å²) >= 11 is 0. The Morgan fingerprint density at radius 3 is 2.44 bits per heavy atom. The van der Waals surface area contributed by atoms with E-state index in [1.807, 2.05) is 0 Å². The van der Waals surface area contributed by atoms with Crippen LogP contribution >= 0.6 is 0 Å². The predicted molar refractivity (Wildman–Crippen MR) is 62.5 cm³/mol. The third-order valence-electron chi connectivity index (χ3n) is 2.42. The molecule has 0 aliphatic rings. The number of benzene rings is 2. The summed E-state index contributed by atoms with van der Waals surface area (Å²) in [6.07, 6.45) is 0.531. The van der Waals surface area contributed by atoms with Gasteiger partial charge in [-0.2, -0.15) is 0 Å². The molecule has 0 aliphatic carbocycles. The van der Waals surface area contributed by atoms with Crippen molar-refractivity contribution in [2.24, 2.45) is 0 Å². The van der Waals surface area contributed by atoms with E-state index in [1.54, 1.807) is 0 Å². The lowest BCUT2D eigenvalue weighted by Gasteiger charge is -2.09. The largest absolute Gasteiger partial charge is 0.485 e. The van der Waals surface area contributed by atoms with Crippen molar-refractivity contribution in [3.8, 4) is 5.75 Å². The number of para-hydroxylation sites is 1. The molecule has 92 valence electrons. The fourth-order valence-electron chi connectivity index (χ4n) is 1.51. The first-order chi connectivity index (χ1) is 8.70. The molecule has 2 rings (SSSR count). The van der Waals surface area contributed by atoms with E-state index in [1.165, 1.54) is 42.5 Å². The van der Waals surface area contributed by atoms with Crippen molar-refractivity contribution in [1.82, 2.24) is 0 Å². The SMILES string of the molecule is O=Cc1cccc(F)c1OCc1ccc(F)cc1. The molecule has 0 radical (unpaired) electrons. The Kier molecular flexibility index (Phi) is 3.67. The first-order valence-corrected chi connectivity index (χ1v) is 5.31. The zero-order chi connectivity index (χ0) is 13.0. The van der Waals surface area contributed by atoms with Gasteiger partial charge in [0.15, 0.2) is 17.9 Å². The Balaban J connectivity index is 2.15. The average molecular weight is 248 g/mol. The third-order valence-corrected chi connectivity index (χ3v) is 2.42. The van der Waals surface area contributed by atoms with Crippen LogP contribution in [0.4, 0.5) is 8.78 Å². The first-order valence-electron chi connectivity index (χ1n) is 5.31. The van der Waals surface area contributed by atoms with Crippen LogP contribution < -0.4 is 4.74 Å². The molecule has 0 saturated carbocycles. The molecule has 0 unspecified atom stereocenters. The van der Waals surface area contributed by atoms with Crippen molar-refractivity contribution in [3.63, 3.8) is 0 Å². The molecule has 0 bridgehead atoms. The zero-order valence-corrected chi connectivity index (χ0v) is 9.40. The molecule has 0 fully saturated rings. The van der Waals surface area contributed by atoms with Crippen LogP contribution in [0.5, 0.6) is 5.75 Å². The molecule has 4 heteroatoms. The second kappa shape index (κ2) is 5.40. The number of carbonyl (C=O) groups excluding carboxylic acids is 1. The molecule has 0 amide bonds. The lowest BCUT2D eigenvalue weighted by molar-refractivity contribution is 0.111. The molecular formula is C14H10F2O2. The van der Waals surface area contributed by atoms with Crippen LogP contribution in [0.25, 0.3) is 0 Å². The van der Waals surface area contributed by atoms with E-state index in [4.69, 9.17) is 4.74 Å². The van der Waals surface area contributed by atoms with Crippen molar-refractivity contribution in [3.05, 3.63) is 65.2 Å². The highest BCUT2D eigenvalue weighted by Crippen LogP contribution is 2.22. The second-order valence-electron chi connectivity index (χ2n) is 3.69. The van der Waals surface area contributed by atoms with Crippen LogP contribution in [0.15, 0.2) is 42.5 Å². The van der Waals surface area contributed by atoms with Gasteiger partial charge in [-0.15, -0.1) is 0 Å². The maximum Gasteiger partial charge on any atom is 0.165 e. The molecule has 2 aromatic rings. The fraction of sp³-hybridized carbons (Fsp3) is 0.0714. The minimum Gasteiger partial charge on any atom is -0.485 e. The van der Waals surface area contributed by atoms with Gasteiger partial charge >= 0.3 is 0 Å². The van der Waals surface area contributed by atoms with Crippen molar-refractivity contribution >= 4 is 6.29 Å². The van der Waals surface area contributed by atoms with E-state index in [9.17, 15) is 13.6 Å². The van der Waals surface area contributed by atoms with E-state index in [-0.39, 0.29) is 23.7 Å². The van der Waals surface area contributed by atoms with Crippen LogP contribution in [0.3, 0.4) is 0 Å². The summed E-state index contributed by atoms with van der Waals surface area (Å²) in [4.78, 5) is 10.7. The molecule has 0 aliphatic heterocycles. The minimum atomic E-state index is -0.596. The Bertz CT molecular complexity index is 550. The quantitative estimate of drug-likeness (QED) is 0.775. The summed E-state index contributed by atoms with van der Waals surface area (Å²) in [7, 11) is 0. The number of hydrogen-bond acceptors (Lipinski definition) is 2. The lowest BCUT2D eigenvalue weighted by Crippen LogP contribution is -2.00. The topological polar surface area (TPSA) is 26.3 Å². The maximum absolute atomic E-state index is 13.5. The lowest BCUT2D eigenvalue weighted by atomic mass is 10.2.